The normalized spacial score (nSPS) is 10.2. The maximum Gasteiger partial charge on any atom is 0.337 e. The Hall–Kier alpha value is -2.14. The van der Waals surface area contributed by atoms with E-state index in [9.17, 15) is 9.59 Å². The molecule has 2 N–H and O–H groups in total. The molecule has 1 amide bonds. The number of hydrogen-bond acceptors (Lipinski definition) is 3. The molecule has 2 rings (SSSR count). The fourth-order valence-corrected chi connectivity index (χ4v) is 2.44. The first-order valence-corrected chi connectivity index (χ1v) is 6.66. The van der Waals surface area contributed by atoms with E-state index in [2.05, 4.69) is 5.32 Å². The Morgan fingerprint density at radius 2 is 2.11 bits per heavy atom. The fourth-order valence-electron chi connectivity index (χ4n) is 1.77. The van der Waals surface area contributed by atoms with Crippen molar-refractivity contribution in [3.05, 3.63) is 51.7 Å². The third kappa shape index (κ3) is 3.20. The number of amides is 1. The van der Waals surface area contributed by atoms with Crippen LogP contribution in [-0.4, -0.2) is 17.0 Å². The van der Waals surface area contributed by atoms with Crippen molar-refractivity contribution in [2.24, 2.45) is 0 Å². The van der Waals surface area contributed by atoms with Gasteiger partial charge in [0, 0.05) is 0 Å². The maximum absolute atomic E-state index is 11.9. The standard InChI is InChI=1S/C14H13NO3S/c1-9-3-2-4-11(14(17)18)13(9)15-12(16)7-10-5-6-19-8-10/h2-6,8H,7H2,1H3,(H,15,16)(H,17,18). The molecule has 0 aliphatic heterocycles. The predicted molar refractivity (Wildman–Crippen MR) is 74.8 cm³/mol. The lowest BCUT2D eigenvalue weighted by molar-refractivity contribution is -0.115. The van der Waals surface area contributed by atoms with Crippen molar-refractivity contribution < 1.29 is 14.7 Å². The van der Waals surface area contributed by atoms with Crippen molar-refractivity contribution in [1.82, 2.24) is 0 Å². The lowest BCUT2D eigenvalue weighted by atomic mass is 10.1. The summed E-state index contributed by atoms with van der Waals surface area (Å²) in [6, 6.07) is 6.79. The molecule has 19 heavy (non-hydrogen) atoms. The number of aromatic carboxylic acids is 1. The molecule has 0 saturated heterocycles. The molecule has 98 valence electrons. The molecule has 0 atom stereocenters. The van der Waals surface area contributed by atoms with Crippen LogP contribution in [0, 0.1) is 6.92 Å². The van der Waals surface area contributed by atoms with Crippen LogP contribution in [0.4, 0.5) is 5.69 Å². The summed E-state index contributed by atoms with van der Waals surface area (Å²) in [4.78, 5) is 23.0. The van der Waals surface area contributed by atoms with Gasteiger partial charge >= 0.3 is 5.97 Å². The van der Waals surface area contributed by atoms with E-state index in [0.29, 0.717) is 5.69 Å². The molecule has 0 aliphatic carbocycles. The average Bonchev–Trinajstić information content (AvgIpc) is 2.84. The lowest BCUT2D eigenvalue weighted by Crippen LogP contribution is -2.17. The Morgan fingerprint density at radius 1 is 1.32 bits per heavy atom. The van der Waals surface area contributed by atoms with Gasteiger partial charge in [0.25, 0.3) is 0 Å². The quantitative estimate of drug-likeness (QED) is 0.901. The number of aryl methyl sites for hydroxylation is 1. The SMILES string of the molecule is Cc1cccc(C(=O)O)c1NC(=O)Cc1ccsc1. The molecule has 4 nitrogen and oxygen atoms in total. The van der Waals surface area contributed by atoms with Gasteiger partial charge in [-0.3, -0.25) is 4.79 Å². The minimum Gasteiger partial charge on any atom is -0.478 e. The highest BCUT2D eigenvalue weighted by atomic mass is 32.1. The molecule has 0 bridgehead atoms. The van der Waals surface area contributed by atoms with Gasteiger partial charge in [0.1, 0.15) is 0 Å². The summed E-state index contributed by atoms with van der Waals surface area (Å²) < 4.78 is 0. The molecule has 5 heteroatoms. The Labute approximate surface area is 114 Å². The van der Waals surface area contributed by atoms with Crippen LogP contribution < -0.4 is 5.32 Å². The van der Waals surface area contributed by atoms with Gasteiger partial charge < -0.3 is 10.4 Å². The number of thiophene rings is 1. The molecule has 0 fully saturated rings. The third-order valence-electron chi connectivity index (χ3n) is 2.71. The number of carbonyl (C=O) groups is 2. The van der Waals surface area contributed by atoms with Crippen LogP contribution in [0.15, 0.2) is 35.0 Å². The molecular weight excluding hydrogens is 262 g/mol. The van der Waals surface area contributed by atoms with Crippen LogP contribution in [0.5, 0.6) is 0 Å². The van der Waals surface area contributed by atoms with Crippen molar-refractivity contribution in [2.45, 2.75) is 13.3 Å². The minimum absolute atomic E-state index is 0.110. The first-order valence-electron chi connectivity index (χ1n) is 5.72. The van der Waals surface area contributed by atoms with E-state index in [0.717, 1.165) is 11.1 Å². The summed E-state index contributed by atoms with van der Waals surface area (Å²) in [5, 5.41) is 15.6. The smallest absolute Gasteiger partial charge is 0.337 e. The second-order valence-corrected chi connectivity index (χ2v) is 4.94. The Balaban J connectivity index is 2.19. The summed E-state index contributed by atoms with van der Waals surface area (Å²) in [5.41, 5.74) is 2.14. The lowest BCUT2D eigenvalue weighted by Gasteiger charge is -2.11. The Morgan fingerprint density at radius 3 is 2.74 bits per heavy atom. The van der Waals surface area contributed by atoms with E-state index >= 15 is 0 Å². The number of carbonyl (C=O) groups excluding carboxylic acids is 1. The molecule has 0 unspecified atom stereocenters. The van der Waals surface area contributed by atoms with Crippen molar-refractivity contribution in [3.63, 3.8) is 0 Å². The zero-order chi connectivity index (χ0) is 13.8. The van der Waals surface area contributed by atoms with E-state index in [-0.39, 0.29) is 17.9 Å². The van der Waals surface area contributed by atoms with Crippen LogP contribution in [0.25, 0.3) is 0 Å². The Bertz CT molecular complexity index is 605. The number of para-hydroxylation sites is 1. The summed E-state index contributed by atoms with van der Waals surface area (Å²) in [6.07, 6.45) is 0.247. The zero-order valence-electron chi connectivity index (χ0n) is 10.3. The van der Waals surface area contributed by atoms with E-state index in [1.54, 1.807) is 19.1 Å². The summed E-state index contributed by atoms with van der Waals surface area (Å²) >= 11 is 1.52. The van der Waals surface area contributed by atoms with Crippen molar-refractivity contribution >= 4 is 28.9 Å². The van der Waals surface area contributed by atoms with Gasteiger partial charge in [-0.05, 0) is 40.9 Å². The molecule has 1 aromatic heterocycles. The van der Waals surface area contributed by atoms with Crippen LogP contribution in [0.1, 0.15) is 21.5 Å². The van der Waals surface area contributed by atoms with E-state index in [1.807, 2.05) is 16.8 Å². The number of rotatable bonds is 4. The highest BCUT2D eigenvalue weighted by Gasteiger charge is 2.14. The van der Waals surface area contributed by atoms with Crippen LogP contribution in [-0.2, 0) is 11.2 Å². The third-order valence-corrected chi connectivity index (χ3v) is 3.44. The largest absolute Gasteiger partial charge is 0.478 e. The number of hydrogen-bond donors (Lipinski definition) is 2. The number of nitrogens with one attached hydrogen (secondary N) is 1. The topological polar surface area (TPSA) is 66.4 Å². The first-order chi connectivity index (χ1) is 9.08. The number of anilines is 1. The number of benzene rings is 1. The van der Waals surface area contributed by atoms with Gasteiger partial charge in [0.15, 0.2) is 0 Å². The summed E-state index contributed by atoms with van der Waals surface area (Å²) in [5.74, 6) is -1.26. The van der Waals surface area contributed by atoms with Gasteiger partial charge in [0.2, 0.25) is 5.91 Å². The second kappa shape index (κ2) is 5.67. The van der Waals surface area contributed by atoms with Crippen molar-refractivity contribution in [3.8, 4) is 0 Å². The monoisotopic (exact) mass is 275 g/mol. The zero-order valence-corrected chi connectivity index (χ0v) is 11.2. The number of carboxylic acid groups (broad SMARTS) is 1. The van der Waals surface area contributed by atoms with Gasteiger partial charge in [-0.2, -0.15) is 11.3 Å². The van der Waals surface area contributed by atoms with Crippen LogP contribution >= 0.6 is 11.3 Å². The number of carboxylic acids is 1. The van der Waals surface area contributed by atoms with Gasteiger partial charge in [0.05, 0.1) is 17.7 Å². The van der Waals surface area contributed by atoms with Crippen molar-refractivity contribution in [1.29, 1.82) is 0 Å². The molecule has 0 saturated carbocycles. The first kappa shape index (κ1) is 13.3. The molecule has 1 heterocycles. The van der Waals surface area contributed by atoms with Crippen LogP contribution in [0.2, 0.25) is 0 Å². The van der Waals surface area contributed by atoms with E-state index in [1.165, 1.54) is 17.4 Å². The maximum atomic E-state index is 11.9. The van der Waals surface area contributed by atoms with Gasteiger partial charge in [-0.15, -0.1) is 0 Å². The van der Waals surface area contributed by atoms with Crippen LogP contribution in [0.3, 0.4) is 0 Å². The molecule has 0 spiro atoms. The average molecular weight is 275 g/mol. The second-order valence-electron chi connectivity index (χ2n) is 4.16. The predicted octanol–water partition coefficient (Wildman–Crippen LogP) is 2.94. The highest BCUT2D eigenvalue weighted by molar-refractivity contribution is 7.08. The van der Waals surface area contributed by atoms with Gasteiger partial charge in [-0.1, -0.05) is 12.1 Å². The highest BCUT2D eigenvalue weighted by Crippen LogP contribution is 2.21. The Kier molecular flexibility index (Phi) is 3.97. The summed E-state index contributed by atoms with van der Waals surface area (Å²) in [6.45, 7) is 1.77. The van der Waals surface area contributed by atoms with E-state index in [4.69, 9.17) is 5.11 Å². The fraction of sp³-hybridized carbons (Fsp3) is 0.143. The van der Waals surface area contributed by atoms with Gasteiger partial charge in [-0.25, -0.2) is 4.79 Å². The molecular formula is C14H13NO3S. The molecule has 2 aromatic rings. The summed E-state index contributed by atoms with van der Waals surface area (Å²) in [7, 11) is 0. The molecule has 1 aromatic carbocycles. The minimum atomic E-state index is -1.05. The van der Waals surface area contributed by atoms with E-state index < -0.39 is 5.97 Å². The molecule has 0 aliphatic rings. The van der Waals surface area contributed by atoms with Crippen molar-refractivity contribution in [2.75, 3.05) is 5.32 Å². The molecule has 0 radical (unpaired) electrons.